The van der Waals surface area contributed by atoms with E-state index in [1.165, 1.54) is 30.3 Å². The molecular formula is C18H20Cl2N4O4S. The number of hydrogen-bond donors (Lipinski definition) is 3. The van der Waals surface area contributed by atoms with Crippen molar-refractivity contribution in [1.29, 1.82) is 0 Å². The monoisotopic (exact) mass is 458 g/mol. The lowest BCUT2D eigenvalue weighted by atomic mass is 10.2. The van der Waals surface area contributed by atoms with Crippen LogP contribution in [-0.2, 0) is 19.6 Å². The Morgan fingerprint density at radius 2 is 1.62 bits per heavy atom. The Morgan fingerprint density at radius 1 is 1.03 bits per heavy atom. The normalized spacial score (nSPS) is 12.5. The van der Waals surface area contributed by atoms with E-state index >= 15 is 0 Å². The molecule has 0 bridgehead atoms. The lowest BCUT2D eigenvalue weighted by Crippen LogP contribution is -2.43. The Kier molecular flexibility index (Phi) is 7.61. The molecule has 2 aromatic rings. The number of halogens is 2. The Hall–Kier alpha value is -2.17. The molecular weight excluding hydrogens is 439 g/mol. The van der Waals surface area contributed by atoms with E-state index in [1.807, 2.05) is 0 Å². The molecule has 0 saturated carbocycles. The topological polar surface area (TPSA) is 122 Å². The summed E-state index contributed by atoms with van der Waals surface area (Å²) >= 11 is 11.8. The van der Waals surface area contributed by atoms with Crippen molar-refractivity contribution in [2.24, 2.45) is 5.14 Å². The minimum atomic E-state index is -3.80. The van der Waals surface area contributed by atoms with Crippen molar-refractivity contribution in [2.45, 2.75) is 17.9 Å². The van der Waals surface area contributed by atoms with Crippen LogP contribution in [0.15, 0.2) is 47.4 Å². The first-order chi connectivity index (χ1) is 13.5. The summed E-state index contributed by atoms with van der Waals surface area (Å²) in [6.45, 7) is 1.60. The smallest absolute Gasteiger partial charge is 0.241 e. The van der Waals surface area contributed by atoms with Crippen LogP contribution in [-0.4, -0.2) is 44.8 Å². The zero-order valence-electron chi connectivity index (χ0n) is 15.6. The number of rotatable bonds is 7. The maximum Gasteiger partial charge on any atom is 0.241 e. The molecule has 0 fully saturated rings. The van der Waals surface area contributed by atoms with Crippen LogP contribution in [0.3, 0.4) is 0 Å². The van der Waals surface area contributed by atoms with Crippen LogP contribution in [0.2, 0.25) is 10.0 Å². The predicted octanol–water partition coefficient (Wildman–Crippen LogP) is 2.54. The molecule has 0 aliphatic carbocycles. The Labute approximate surface area is 179 Å². The molecule has 0 aliphatic heterocycles. The lowest BCUT2D eigenvalue weighted by Gasteiger charge is -2.23. The fraction of sp³-hybridized carbons (Fsp3) is 0.222. The number of nitrogens with one attached hydrogen (secondary N) is 2. The zero-order valence-corrected chi connectivity index (χ0v) is 18.0. The van der Waals surface area contributed by atoms with Gasteiger partial charge in [0.15, 0.2) is 0 Å². The second kappa shape index (κ2) is 9.55. The van der Waals surface area contributed by atoms with E-state index in [-0.39, 0.29) is 23.3 Å². The van der Waals surface area contributed by atoms with E-state index in [0.717, 1.165) is 0 Å². The van der Waals surface area contributed by atoms with Gasteiger partial charge >= 0.3 is 0 Å². The predicted molar refractivity (Wildman–Crippen MR) is 114 cm³/mol. The molecule has 2 rings (SSSR count). The Balaban J connectivity index is 1.92. The molecule has 2 amide bonds. The molecule has 1 atom stereocenters. The van der Waals surface area contributed by atoms with Gasteiger partial charge < -0.3 is 10.6 Å². The van der Waals surface area contributed by atoms with Crippen LogP contribution in [0.4, 0.5) is 11.4 Å². The number of carbonyl (C=O) groups excluding carboxylic acids is 2. The quantitative estimate of drug-likeness (QED) is 0.588. The fourth-order valence-electron chi connectivity index (χ4n) is 2.31. The summed E-state index contributed by atoms with van der Waals surface area (Å²) in [5.74, 6) is -0.693. The highest BCUT2D eigenvalue weighted by molar-refractivity contribution is 7.89. The molecule has 156 valence electrons. The highest BCUT2D eigenvalue weighted by Gasteiger charge is 2.20. The third kappa shape index (κ3) is 6.69. The number of sulfonamides is 1. The maximum absolute atomic E-state index is 12.4. The van der Waals surface area contributed by atoms with Gasteiger partial charge in [0.2, 0.25) is 21.8 Å². The number of likely N-dealkylation sites (N-methyl/N-ethyl adjacent to an activating group) is 1. The summed E-state index contributed by atoms with van der Waals surface area (Å²) in [7, 11) is -2.18. The number of benzene rings is 2. The molecule has 11 heteroatoms. The van der Waals surface area contributed by atoms with Crippen LogP contribution >= 0.6 is 23.2 Å². The number of anilines is 2. The van der Waals surface area contributed by atoms with E-state index in [2.05, 4.69) is 10.6 Å². The van der Waals surface area contributed by atoms with Gasteiger partial charge in [0.25, 0.3) is 0 Å². The van der Waals surface area contributed by atoms with E-state index in [9.17, 15) is 18.0 Å². The number of hydrogen-bond acceptors (Lipinski definition) is 5. The molecule has 0 heterocycles. The summed E-state index contributed by atoms with van der Waals surface area (Å²) in [5.41, 5.74) is 0.896. The molecule has 4 N–H and O–H groups in total. The van der Waals surface area contributed by atoms with E-state index in [4.69, 9.17) is 28.3 Å². The molecule has 0 aliphatic rings. The fourth-order valence-corrected chi connectivity index (χ4v) is 3.13. The van der Waals surface area contributed by atoms with Gasteiger partial charge in [-0.2, -0.15) is 0 Å². The van der Waals surface area contributed by atoms with Crippen molar-refractivity contribution in [3.8, 4) is 0 Å². The number of carbonyl (C=O) groups is 2. The first-order valence-corrected chi connectivity index (χ1v) is 10.7. The number of amides is 2. The highest BCUT2D eigenvalue weighted by Crippen LogP contribution is 2.25. The van der Waals surface area contributed by atoms with Crippen molar-refractivity contribution in [3.63, 3.8) is 0 Å². The van der Waals surface area contributed by atoms with Gasteiger partial charge in [-0.15, -0.1) is 0 Å². The van der Waals surface area contributed by atoms with E-state index < -0.39 is 16.1 Å². The Morgan fingerprint density at radius 3 is 2.17 bits per heavy atom. The maximum atomic E-state index is 12.4. The first-order valence-electron chi connectivity index (χ1n) is 8.36. The second-order valence-electron chi connectivity index (χ2n) is 6.33. The van der Waals surface area contributed by atoms with Gasteiger partial charge in [0.05, 0.1) is 27.5 Å². The van der Waals surface area contributed by atoms with Crippen LogP contribution in [0.25, 0.3) is 0 Å². The van der Waals surface area contributed by atoms with Gasteiger partial charge in [-0.05, 0) is 56.4 Å². The van der Waals surface area contributed by atoms with Crippen LogP contribution < -0.4 is 15.8 Å². The standard InChI is InChI=1S/C18H20Cl2N4O4S/c1-11(18(26)23-12-3-6-14(7-4-12)29(21,27)28)24(2)10-17(25)22-13-5-8-15(19)16(20)9-13/h3-9,11H,10H2,1-2H3,(H,22,25)(H,23,26)(H2,21,27,28)/t11-/m1/s1. The van der Waals surface area contributed by atoms with Crippen LogP contribution in [0.1, 0.15) is 6.92 Å². The minimum Gasteiger partial charge on any atom is -0.325 e. The molecule has 8 nitrogen and oxygen atoms in total. The van der Waals surface area contributed by atoms with Gasteiger partial charge in [-0.1, -0.05) is 23.2 Å². The van der Waals surface area contributed by atoms with Crippen molar-refractivity contribution < 1.29 is 18.0 Å². The van der Waals surface area contributed by atoms with Gasteiger partial charge in [-0.25, -0.2) is 13.6 Å². The van der Waals surface area contributed by atoms with Crippen molar-refractivity contribution >= 4 is 56.4 Å². The van der Waals surface area contributed by atoms with Crippen molar-refractivity contribution in [2.75, 3.05) is 24.2 Å². The zero-order chi connectivity index (χ0) is 21.8. The summed E-state index contributed by atoms with van der Waals surface area (Å²) in [5, 5.41) is 11.1. The van der Waals surface area contributed by atoms with E-state index in [0.29, 0.717) is 21.4 Å². The summed E-state index contributed by atoms with van der Waals surface area (Å²) in [6, 6.07) is 9.54. The van der Waals surface area contributed by atoms with Crippen molar-refractivity contribution in [1.82, 2.24) is 4.90 Å². The minimum absolute atomic E-state index is 0.0425. The van der Waals surface area contributed by atoms with Gasteiger partial charge in [0, 0.05) is 11.4 Å². The molecule has 0 spiro atoms. The van der Waals surface area contributed by atoms with Crippen molar-refractivity contribution in [3.05, 3.63) is 52.5 Å². The molecule has 0 radical (unpaired) electrons. The number of nitrogens with two attached hydrogens (primary N) is 1. The molecule has 29 heavy (non-hydrogen) atoms. The number of primary sulfonamides is 1. The lowest BCUT2D eigenvalue weighted by molar-refractivity contribution is -0.122. The molecule has 2 aromatic carbocycles. The molecule has 0 aromatic heterocycles. The highest BCUT2D eigenvalue weighted by atomic mass is 35.5. The summed E-state index contributed by atoms with van der Waals surface area (Å²) in [4.78, 5) is 26.1. The SMILES string of the molecule is C[C@H](C(=O)Nc1ccc(S(N)(=O)=O)cc1)N(C)CC(=O)Nc1ccc(Cl)c(Cl)c1. The first kappa shape index (κ1) is 23.1. The number of nitrogens with zero attached hydrogens (tertiary/aromatic N) is 1. The largest absolute Gasteiger partial charge is 0.325 e. The van der Waals surface area contributed by atoms with E-state index in [1.54, 1.807) is 31.0 Å². The average molecular weight is 459 g/mol. The third-order valence-corrected chi connectivity index (χ3v) is 5.76. The third-order valence-electron chi connectivity index (χ3n) is 4.09. The molecule has 0 saturated heterocycles. The van der Waals surface area contributed by atoms with Gasteiger partial charge in [0.1, 0.15) is 0 Å². The second-order valence-corrected chi connectivity index (χ2v) is 8.70. The van der Waals surface area contributed by atoms with Crippen LogP contribution in [0.5, 0.6) is 0 Å². The van der Waals surface area contributed by atoms with Gasteiger partial charge in [-0.3, -0.25) is 14.5 Å². The summed E-state index contributed by atoms with van der Waals surface area (Å²) < 4.78 is 22.5. The molecule has 0 unspecified atom stereocenters. The summed E-state index contributed by atoms with van der Waals surface area (Å²) in [6.07, 6.45) is 0. The van der Waals surface area contributed by atoms with Crippen LogP contribution in [0, 0.1) is 0 Å². The Bertz CT molecular complexity index is 1010. The average Bonchev–Trinajstić information content (AvgIpc) is 2.63.